The van der Waals surface area contributed by atoms with Crippen molar-refractivity contribution < 1.29 is 0 Å². The molecule has 0 radical (unpaired) electrons. The third kappa shape index (κ3) is 2.27. The Labute approximate surface area is 149 Å². The van der Waals surface area contributed by atoms with Gasteiger partial charge >= 0.3 is 0 Å². The molecular formula is C19H16ClN5. The van der Waals surface area contributed by atoms with Crippen LogP contribution in [0.25, 0.3) is 16.7 Å². The molecule has 1 aliphatic rings. The third-order valence-corrected chi connectivity index (χ3v) is 5.03. The summed E-state index contributed by atoms with van der Waals surface area (Å²) in [6, 6.07) is 14.4. The van der Waals surface area contributed by atoms with Gasteiger partial charge in [-0.25, -0.2) is 0 Å². The number of aromatic nitrogens is 4. The van der Waals surface area contributed by atoms with Crippen LogP contribution in [0, 0.1) is 5.92 Å². The van der Waals surface area contributed by atoms with Crippen LogP contribution in [-0.4, -0.2) is 26.1 Å². The molecule has 1 unspecified atom stereocenters. The van der Waals surface area contributed by atoms with Gasteiger partial charge in [-0.1, -0.05) is 36.7 Å². The maximum Gasteiger partial charge on any atom is 0.257 e. The van der Waals surface area contributed by atoms with E-state index in [0.29, 0.717) is 16.7 Å². The summed E-state index contributed by atoms with van der Waals surface area (Å²) in [5, 5.41) is 9.91. The highest BCUT2D eigenvalue weighted by atomic mass is 35.5. The number of anilines is 2. The lowest BCUT2D eigenvalue weighted by atomic mass is 9.93. The van der Waals surface area contributed by atoms with Crippen LogP contribution in [0.15, 0.2) is 48.8 Å². The standard InChI is InChI=1S/C19H16ClN5/c1-12-8-13-4-2-3-5-16(13)24(10-12)18-15-7-6-14(20)9-17(15)25-11-21-23-19(25)22-18/h2-7,9,11-12H,8,10H2,1H3. The highest BCUT2D eigenvalue weighted by Crippen LogP contribution is 2.38. The zero-order valence-electron chi connectivity index (χ0n) is 13.7. The number of nitrogens with zero attached hydrogens (tertiary/aromatic N) is 5. The lowest BCUT2D eigenvalue weighted by molar-refractivity contribution is 0.561. The summed E-state index contributed by atoms with van der Waals surface area (Å²) < 4.78 is 1.88. The minimum atomic E-state index is 0.549. The number of hydrogen-bond acceptors (Lipinski definition) is 4. The van der Waals surface area contributed by atoms with E-state index in [1.54, 1.807) is 6.33 Å². The fourth-order valence-electron chi connectivity index (χ4n) is 3.73. The summed E-state index contributed by atoms with van der Waals surface area (Å²) in [7, 11) is 0. The Morgan fingerprint density at radius 2 is 2.04 bits per heavy atom. The van der Waals surface area contributed by atoms with Crippen molar-refractivity contribution in [2.24, 2.45) is 5.92 Å². The van der Waals surface area contributed by atoms with Gasteiger partial charge in [0.15, 0.2) is 0 Å². The Hall–Kier alpha value is -2.66. The maximum atomic E-state index is 6.24. The predicted octanol–water partition coefficient (Wildman–Crippen LogP) is 4.26. The molecule has 0 aliphatic carbocycles. The van der Waals surface area contributed by atoms with Crippen LogP contribution >= 0.6 is 11.6 Å². The molecule has 2 aromatic carbocycles. The van der Waals surface area contributed by atoms with Gasteiger partial charge in [-0.05, 0) is 42.2 Å². The van der Waals surface area contributed by atoms with Gasteiger partial charge in [-0.15, -0.1) is 10.2 Å². The van der Waals surface area contributed by atoms with Gasteiger partial charge in [0.25, 0.3) is 5.78 Å². The Kier molecular flexibility index (Phi) is 3.18. The zero-order chi connectivity index (χ0) is 17.0. The van der Waals surface area contributed by atoms with Gasteiger partial charge in [-0.2, -0.15) is 4.98 Å². The Bertz CT molecular complexity index is 1100. The van der Waals surface area contributed by atoms with E-state index in [1.807, 2.05) is 22.6 Å². The number of para-hydroxylation sites is 1. The summed E-state index contributed by atoms with van der Waals surface area (Å²) in [6.07, 6.45) is 2.77. The van der Waals surface area contributed by atoms with Crippen LogP contribution in [0.5, 0.6) is 0 Å². The fraction of sp³-hybridized carbons (Fsp3) is 0.211. The quantitative estimate of drug-likeness (QED) is 0.515. The monoisotopic (exact) mass is 349 g/mol. The van der Waals surface area contributed by atoms with Gasteiger partial charge in [0.1, 0.15) is 12.1 Å². The maximum absolute atomic E-state index is 6.24. The average Bonchev–Trinajstić information content (AvgIpc) is 3.09. The molecule has 1 aliphatic heterocycles. The molecule has 0 bridgehead atoms. The molecule has 0 saturated heterocycles. The van der Waals surface area contributed by atoms with E-state index in [2.05, 4.69) is 46.3 Å². The van der Waals surface area contributed by atoms with Crippen molar-refractivity contribution >= 4 is 39.8 Å². The van der Waals surface area contributed by atoms with Crippen molar-refractivity contribution in [2.45, 2.75) is 13.3 Å². The second kappa shape index (κ2) is 5.43. The van der Waals surface area contributed by atoms with Crippen LogP contribution in [0.1, 0.15) is 12.5 Å². The number of halogens is 1. The molecule has 4 aromatic rings. The number of fused-ring (bicyclic) bond motifs is 4. The summed E-state index contributed by atoms with van der Waals surface area (Å²) in [4.78, 5) is 7.12. The normalized spacial score (nSPS) is 17.2. The first-order chi connectivity index (χ1) is 12.2. The van der Waals surface area contributed by atoms with Crippen LogP contribution in [-0.2, 0) is 6.42 Å². The van der Waals surface area contributed by atoms with Gasteiger partial charge in [-0.3, -0.25) is 4.40 Å². The van der Waals surface area contributed by atoms with Crippen molar-refractivity contribution in [1.82, 2.24) is 19.6 Å². The molecule has 124 valence electrons. The second-order valence-corrected chi connectivity index (χ2v) is 7.08. The molecule has 0 saturated carbocycles. The molecular weight excluding hydrogens is 334 g/mol. The van der Waals surface area contributed by atoms with Crippen LogP contribution in [0.4, 0.5) is 11.5 Å². The molecule has 0 spiro atoms. The minimum absolute atomic E-state index is 0.549. The molecule has 3 heterocycles. The molecule has 0 amide bonds. The second-order valence-electron chi connectivity index (χ2n) is 6.65. The van der Waals surface area contributed by atoms with E-state index in [0.717, 1.165) is 29.7 Å². The van der Waals surface area contributed by atoms with Crippen molar-refractivity contribution in [3.63, 3.8) is 0 Å². The van der Waals surface area contributed by atoms with Gasteiger partial charge < -0.3 is 4.90 Å². The Morgan fingerprint density at radius 1 is 1.16 bits per heavy atom. The SMILES string of the molecule is CC1Cc2ccccc2N(c2nc3nncn3c3cc(Cl)ccc23)C1. The number of rotatable bonds is 1. The Balaban J connectivity index is 1.83. The first kappa shape index (κ1) is 14.7. The molecule has 5 nitrogen and oxygen atoms in total. The lowest BCUT2D eigenvalue weighted by Crippen LogP contribution is -2.31. The highest BCUT2D eigenvalue weighted by molar-refractivity contribution is 6.31. The van der Waals surface area contributed by atoms with Gasteiger partial charge in [0.2, 0.25) is 0 Å². The van der Waals surface area contributed by atoms with E-state index in [9.17, 15) is 0 Å². The molecule has 0 fully saturated rings. The fourth-order valence-corrected chi connectivity index (χ4v) is 3.89. The Morgan fingerprint density at radius 3 is 2.96 bits per heavy atom. The minimum Gasteiger partial charge on any atom is -0.325 e. The van der Waals surface area contributed by atoms with Crippen molar-refractivity contribution in [3.8, 4) is 0 Å². The summed E-state index contributed by atoms with van der Waals surface area (Å²) in [6.45, 7) is 3.20. The first-order valence-corrected chi connectivity index (χ1v) is 8.73. The lowest BCUT2D eigenvalue weighted by Gasteiger charge is -2.34. The molecule has 25 heavy (non-hydrogen) atoms. The molecule has 5 rings (SSSR count). The predicted molar refractivity (Wildman–Crippen MR) is 99.6 cm³/mol. The smallest absolute Gasteiger partial charge is 0.257 e. The molecule has 2 aromatic heterocycles. The van der Waals surface area contributed by atoms with Crippen LogP contribution in [0.3, 0.4) is 0 Å². The van der Waals surface area contributed by atoms with Crippen molar-refractivity contribution in [3.05, 3.63) is 59.4 Å². The number of benzene rings is 2. The molecule has 1 atom stereocenters. The topological polar surface area (TPSA) is 46.3 Å². The third-order valence-electron chi connectivity index (χ3n) is 4.80. The summed E-state index contributed by atoms with van der Waals surface area (Å²) >= 11 is 6.24. The van der Waals surface area contributed by atoms with E-state index < -0.39 is 0 Å². The summed E-state index contributed by atoms with van der Waals surface area (Å²) in [5.74, 6) is 2.04. The highest BCUT2D eigenvalue weighted by Gasteiger charge is 2.25. The van der Waals surface area contributed by atoms with Crippen molar-refractivity contribution in [2.75, 3.05) is 11.4 Å². The van der Waals surface area contributed by atoms with E-state index in [4.69, 9.17) is 16.6 Å². The largest absolute Gasteiger partial charge is 0.325 e. The van der Waals surface area contributed by atoms with Gasteiger partial charge in [0.05, 0.1) is 5.52 Å². The average molecular weight is 350 g/mol. The van der Waals surface area contributed by atoms with Crippen molar-refractivity contribution in [1.29, 1.82) is 0 Å². The molecule has 0 N–H and O–H groups in total. The van der Waals surface area contributed by atoms with E-state index >= 15 is 0 Å². The first-order valence-electron chi connectivity index (χ1n) is 8.35. The molecule has 6 heteroatoms. The zero-order valence-corrected chi connectivity index (χ0v) is 14.5. The van der Waals surface area contributed by atoms with E-state index in [1.165, 1.54) is 11.3 Å². The van der Waals surface area contributed by atoms with E-state index in [-0.39, 0.29) is 0 Å². The number of hydrogen-bond donors (Lipinski definition) is 0. The van der Waals surface area contributed by atoms with Crippen LogP contribution in [0.2, 0.25) is 5.02 Å². The van der Waals surface area contributed by atoms with Gasteiger partial charge in [0, 0.05) is 22.6 Å². The van der Waals surface area contributed by atoms with Crippen LogP contribution < -0.4 is 4.90 Å². The summed E-state index contributed by atoms with van der Waals surface area (Å²) in [5.41, 5.74) is 3.54.